The normalized spacial score (nSPS) is 15.5. The molecule has 0 radical (unpaired) electrons. The molecule has 0 saturated heterocycles. The molecule has 1 aliphatic heterocycles. The standard InChI is InChI=1S/C24H24Cl2N2O2S2/c1-2-9-27(22(29)14-17-4-3-11-31-17)15-23(30)28-10-7-21-19(8-12-32-21)24(28)18-6-5-16(25)13-20(18)26/h3-6,8,11-13,24H,2,7,9-10,14-15H2,1H3. The van der Waals surface area contributed by atoms with E-state index in [2.05, 4.69) is 11.4 Å². The van der Waals surface area contributed by atoms with Gasteiger partial charge in [0.15, 0.2) is 0 Å². The van der Waals surface area contributed by atoms with Gasteiger partial charge in [0.05, 0.1) is 19.0 Å². The van der Waals surface area contributed by atoms with Crippen LogP contribution in [0.15, 0.2) is 47.2 Å². The van der Waals surface area contributed by atoms with Crippen LogP contribution in [0.2, 0.25) is 10.0 Å². The fourth-order valence-corrected chi connectivity index (χ4v) is 6.25. The molecule has 0 N–H and O–H groups in total. The van der Waals surface area contributed by atoms with E-state index in [4.69, 9.17) is 23.2 Å². The summed E-state index contributed by atoms with van der Waals surface area (Å²) in [5.41, 5.74) is 1.96. The molecule has 2 amide bonds. The van der Waals surface area contributed by atoms with Gasteiger partial charge in [-0.2, -0.15) is 0 Å². The minimum atomic E-state index is -0.279. The Kier molecular flexibility index (Phi) is 7.56. The molecule has 1 atom stereocenters. The van der Waals surface area contributed by atoms with Gasteiger partial charge in [0.25, 0.3) is 0 Å². The minimum absolute atomic E-state index is 0.0167. The summed E-state index contributed by atoms with van der Waals surface area (Å²) >= 11 is 16.0. The van der Waals surface area contributed by atoms with Gasteiger partial charge in [-0.05, 0) is 59.0 Å². The number of fused-ring (bicyclic) bond motifs is 1. The van der Waals surface area contributed by atoms with Crippen molar-refractivity contribution in [3.63, 3.8) is 0 Å². The van der Waals surface area contributed by atoms with E-state index in [0.717, 1.165) is 28.8 Å². The first-order valence-corrected chi connectivity index (χ1v) is 13.1. The average Bonchev–Trinajstić information content (AvgIpc) is 3.44. The summed E-state index contributed by atoms with van der Waals surface area (Å²) in [6, 6.07) is 11.1. The molecular formula is C24H24Cl2N2O2S2. The number of thiophene rings is 2. The molecule has 4 nitrogen and oxygen atoms in total. The topological polar surface area (TPSA) is 40.6 Å². The molecule has 1 aromatic carbocycles. The van der Waals surface area contributed by atoms with Crippen molar-refractivity contribution in [1.82, 2.24) is 9.80 Å². The van der Waals surface area contributed by atoms with Gasteiger partial charge in [-0.25, -0.2) is 0 Å². The molecule has 168 valence electrons. The van der Waals surface area contributed by atoms with E-state index in [9.17, 15) is 9.59 Å². The van der Waals surface area contributed by atoms with E-state index in [0.29, 0.717) is 29.6 Å². The van der Waals surface area contributed by atoms with Crippen molar-refractivity contribution in [1.29, 1.82) is 0 Å². The molecule has 3 heterocycles. The first-order valence-electron chi connectivity index (χ1n) is 10.6. The Morgan fingerprint density at radius 1 is 1.12 bits per heavy atom. The number of halogens is 2. The zero-order chi connectivity index (χ0) is 22.7. The molecule has 4 rings (SSSR count). The smallest absolute Gasteiger partial charge is 0.242 e. The number of nitrogens with zero attached hydrogens (tertiary/aromatic N) is 2. The SMILES string of the molecule is CCCN(CC(=O)N1CCc2sccc2C1c1ccc(Cl)cc1Cl)C(=O)Cc1cccs1. The van der Waals surface area contributed by atoms with Crippen molar-refractivity contribution in [2.45, 2.75) is 32.2 Å². The predicted molar refractivity (Wildman–Crippen MR) is 133 cm³/mol. The van der Waals surface area contributed by atoms with Gasteiger partial charge in [-0.15, -0.1) is 22.7 Å². The molecule has 0 bridgehead atoms. The maximum absolute atomic E-state index is 13.6. The van der Waals surface area contributed by atoms with Gasteiger partial charge in [0.2, 0.25) is 11.8 Å². The second-order valence-electron chi connectivity index (χ2n) is 7.78. The third kappa shape index (κ3) is 5.04. The zero-order valence-corrected chi connectivity index (χ0v) is 20.9. The van der Waals surface area contributed by atoms with Crippen LogP contribution in [0.1, 0.15) is 40.3 Å². The Labute approximate surface area is 206 Å². The summed E-state index contributed by atoms with van der Waals surface area (Å²) < 4.78 is 0. The van der Waals surface area contributed by atoms with E-state index in [1.165, 1.54) is 4.88 Å². The fraction of sp³-hybridized carbons (Fsp3) is 0.333. The quantitative estimate of drug-likeness (QED) is 0.390. The maximum atomic E-state index is 13.6. The molecule has 0 aliphatic carbocycles. The number of hydrogen-bond donors (Lipinski definition) is 0. The second kappa shape index (κ2) is 10.4. The van der Waals surface area contributed by atoms with E-state index in [-0.39, 0.29) is 24.4 Å². The van der Waals surface area contributed by atoms with Crippen molar-refractivity contribution in [2.75, 3.05) is 19.6 Å². The fourth-order valence-electron chi connectivity index (χ4n) is 4.13. The highest BCUT2D eigenvalue weighted by atomic mass is 35.5. The highest BCUT2D eigenvalue weighted by Gasteiger charge is 2.35. The van der Waals surface area contributed by atoms with Crippen LogP contribution in [-0.2, 0) is 22.4 Å². The maximum Gasteiger partial charge on any atom is 0.242 e. The third-order valence-corrected chi connectivity index (χ3v) is 8.06. The first kappa shape index (κ1) is 23.3. The van der Waals surface area contributed by atoms with Crippen LogP contribution in [0.4, 0.5) is 0 Å². The summed E-state index contributed by atoms with van der Waals surface area (Å²) in [6.45, 7) is 3.23. The van der Waals surface area contributed by atoms with Crippen molar-refractivity contribution in [3.05, 3.63) is 78.1 Å². The van der Waals surface area contributed by atoms with Crippen LogP contribution in [0, 0.1) is 0 Å². The Hall–Kier alpha value is -1.86. The van der Waals surface area contributed by atoms with E-state index in [1.807, 2.05) is 35.4 Å². The van der Waals surface area contributed by atoms with Crippen LogP contribution in [0.25, 0.3) is 0 Å². The number of amides is 2. The second-order valence-corrected chi connectivity index (χ2v) is 10.7. The number of carbonyl (C=O) groups excluding carboxylic acids is 2. The lowest BCUT2D eigenvalue weighted by molar-refractivity contribution is -0.141. The average molecular weight is 508 g/mol. The number of rotatable bonds is 7. The Morgan fingerprint density at radius 3 is 2.69 bits per heavy atom. The summed E-state index contributed by atoms with van der Waals surface area (Å²) in [5, 5.41) is 5.12. The number of carbonyl (C=O) groups is 2. The van der Waals surface area contributed by atoms with Crippen LogP contribution in [-0.4, -0.2) is 41.2 Å². The van der Waals surface area contributed by atoms with Gasteiger partial charge in [-0.1, -0.05) is 42.3 Å². The van der Waals surface area contributed by atoms with E-state index in [1.54, 1.807) is 39.7 Å². The monoisotopic (exact) mass is 506 g/mol. The van der Waals surface area contributed by atoms with Crippen molar-refractivity contribution < 1.29 is 9.59 Å². The summed E-state index contributed by atoms with van der Waals surface area (Å²) in [7, 11) is 0. The lowest BCUT2D eigenvalue weighted by atomic mass is 9.93. The third-order valence-electron chi connectivity index (χ3n) is 5.62. The zero-order valence-electron chi connectivity index (χ0n) is 17.7. The van der Waals surface area contributed by atoms with E-state index < -0.39 is 0 Å². The lowest BCUT2D eigenvalue weighted by Gasteiger charge is -2.38. The largest absolute Gasteiger partial charge is 0.333 e. The van der Waals surface area contributed by atoms with Gasteiger partial charge >= 0.3 is 0 Å². The molecular weight excluding hydrogens is 483 g/mol. The van der Waals surface area contributed by atoms with Gasteiger partial charge < -0.3 is 9.80 Å². The molecule has 0 fully saturated rings. The summed E-state index contributed by atoms with van der Waals surface area (Å²) in [5.74, 6) is -0.0807. The Bertz CT molecular complexity index is 1100. The highest BCUT2D eigenvalue weighted by molar-refractivity contribution is 7.10. The van der Waals surface area contributed by atoms with Gasteiger partial charge in [0.1, 0.15) is 0 Å². The predicted octanol–water partition coefficient (Wildman–Crippen LogP) is 6.07. The number of benzene rings is 1. The summed E-state index contributed by atoms with van der Waals surface area (Å²) in [6.07, 6.45) is 1.92. The molecule has 1 unspecified atom stereocenters. The van der Waals surface area contributed by atoms with Crippen molar-refractivity contribution in [2.24, 2.45) is 0 Å². The van der Waals surface area contributed by atoms with Crippen molar-refractivity contribution >= 4 is 57.7 Å². The molecule has 8 heteroatoms. The van der Waals surface area contributed by atoms with Crippen LogP contribution >= 0.6 is 45.9 Å². The number of hydrogen-bond acceptors (Lipinski definition) is 4. The molecule has 2 aromatic heterocycles. The molecule has 0 spiro atoms. The Morgan fingerprint density at radius 2 is 1.97 bits per heavy atom. The van der Waals surface area contributed by atoms with Crippen molar-refractivity contribution in [3.8, 4) is 0 Å². The van der Waals surface area contributed by atoms with Gasteiger partial charge in [0, 0.05) is 32.9 Å². The lowest BCUT2D eigenvalue weighted by Crippen LogP contribution is -2.47. The van der Waals surface area contributed by atoms with Crippen LogP contribution in [0.5, 0.6) is 0 Å². The molecule has 0 saturated carbocycles. The van der Waals surface area contributed by atoms with Crippen LogP contribution < -0.4 is 0 Å². The molecule has 32 heavy (non-hydrogen) atoms. The Balaban J connectivity index is 1.59. The highest BCUT2D eigenvalue weighted by Crippen LogP contribution is 2.41. The molecule has 1 aliphatic rings. The first-order chi connectivity index (χ1) is 15.5. The van der Waals surface area contributed by atoms with Crippen LogP contribution in [0.3, 0.4) is 0 Å². The van der Waals surface area contributed by atoms with Gasteiger partial charge in [-0.3, -0.25) is 9.59 Å². The minimum Gasteiger partial charge on any atom is -0.333 e. The summed E-state index contributed by atoms with van der Waals surface area (Å²) in [4.78, 5) is 32.3. The molecule has 3 aromatic rings. The van der Waals surface area contributed by atoms with E-state index >= 15 is 0 Å².